The van der Waals surface area contributed by atoms with Crippen molar-refractivity contribution in [2.75, 3.05) is 7.05 Å². The third kappa shape index (κ3) is 5.31. The number of benzene rings is 1. The SMILES string of the molecule is CN=C(NCc1ccc(C(C)(C)C)cc1)NC1CC1.I. The van der Waals surface area contributed by atoms with Gasteiger partial charge < -0.3 is 10.6 Å². The molecule has 0 spiro atoms. The fraction of sp³-hybridized carbons (Fsp3) is 0.562. The molecule has 1 fully saturated rings. The van der Waals surface area contributed by atoms with Crippen LogP contribution in [0, 0.1) is 0 Å². The van der Waals surface area contributed by atoms with E-state index in [0.29, 0.717) is 6.04 Å². The summed E-state index contributed by atoms with van der Waals surface area (Å²) in [5, 5.41) is 6.74. The highest BCUT2D eigenvalue weighted by Gasteiger charge is 2.22. The summed E-state index contributed by atoms with van der Waals surface area (Å²) in [5.41, 5.74) is 2.87. The molecule has 20 heavy (non-hydrogen) atoms. The number of guanidine groups is 1. The van der Waals surface area contributed by atoms with Crippen LogP contribution in [0.2, 0.25) is 0 Å². The molecule has 3 nitrogen and oxygen atoms in total. The summed E-state index contributed by atoms with van der Waals surface area (Å²) in [6.07, 6.45) is 2.53. The molecule has 1 aliphatic rings. The monoisotopic (exact) mass is 387 g/mol. The maximum Gasteiger partial charge on any atom is 0.191 e. The smallest absolute Gasteiger partial charge is 0.191 e. The van der Waals surface area contributed by atoms with Crippen molar-refractivity contribution in [2.45, 2.75) is 51.6 Å². The third-order valence-electron chi connectivity index (χ3n) is 3.42. The van der Waals surface area contributed by atoms with Gasteiger partial charge in [0.2, 0.25) is 0 Å². The van der Waals surface area contributed by atoms with Gasteiger partial charge in [0.25, 0.3) is 0 Å². The molecule has 0 aliphatic heterocycles. The highest BCUT2D eigenvalue weighted by atomic mass is 127. The minimum absolute atomic E-state index is 0. The molecular formula is C16H26IN3. The molecule has 0 aromatic heterocycles. The van der Waals surface area contributed by atoms with Crippen molar-refractivity contribution in [3.05, 3.63) is 35.4 Å². The second kappa shape index (κ2) is 7.29. The molecule has 1 aliphatic carbocycles. The highest BCUT2D eigenvalue weighted by Crippen LogP contribution is 2.22. The van der Waals surface area contributed by atoms with E-state index >= 15 is 0 Å². The lowest BCUT2D eigenvalue weighted by molar-refractivity contribution is 0.590. The predicted octanol–water partition coefficient (Wildman–Crippen LogP) is 3.43. The van der Waals surface area contributed by atoms with Crippen LogP contribution in [0.15, 0.2) is 29.3 Å². The third-order valence-corrected chi connectivity index (χ3v) is 3.42. The van der Waals surface area contributed by atoms with Gasteiger partial charge in [-0.05, 0) is 29.4 Å². The van der Waals surface area contributed by atoms with E-state index in [9.17, 15) is 0 Å². The van der Waals surface area contributed by atoms with E-state index in [2.05, 4.69) is 60.7 Å². The molecule has 0 atom stereocenters. The minimum atomic E-state index is 0. The van der Waals surface area contributed by atoms with Gasteiger partial charge in [-0.3, -0.25) is 4.99 Å². The van der Waals surface area contributed by atoms with Crippen molar-refractivity contribution in [1.29, 1.82) is 0 Å². The van der Waals surface area contributed by atoms with Gasteiger partial charge >= 0.3 is 0 Å². The second-order valence-electron chi connectivity index (χ2n) is 6.29. The summed E-state index contributed by atoms with van der Waals surface area (Å²) >= 11 is 0. The summed E-state index contributed by atoms with van der Waals surface area (Å²) in [6, 6.07) is 9.45. The van der Waals surface area contributed by atoms with Gasteiger partial charge in [0.1, 0.15) is 0 Å². The molecule has 1 aromatic rings. The van der Waals surface area contributed by atoms with Crippen LogP contribution in [0.3, 0.4) is 0 Å². The number of nitrogens with one attached hydrogen (secondary N) is 2. The molecule has 1 aromatic carbocycles. The summed E-state index contributed by atoms with van der Waals surface area (Å²) < 4.78 is 0. The lowest BCUT2D eigenvalue weighted by Crippen LogP contribution is -2.38. The molecule has 0 amide bonds. The van der Waals surface area contributed by atoms with Crippen molar-refractivity contribution >= 4 is 29.9 Å². The van der Waals surface area contributed by atoms with E-state index in [1.807, 2.05) is 7.05 Å². The van der Waals surface area contributed by atoms with Crippen molar-refractivity contribution < 1.29 is 0 Å². The van der Waals surface area contributed by atoms with Gasteiger partial charge in [0.05, 0.1) is 0 Å². The Bertz CT molecular complexity index is 442. The van der Waals surface area contributed by atoms with Crippen LogP contribution >= 0.6 is 24.0 Å². The van der Waals surface area contributed by atoms with Crippen LogP contribution in [0.1, 0.15) is 44.7 Å². The molecule has 2 N–H and O–H groups in total. The molecule has 1 saturated carbocycles. The molecular weight excluding hydrogens is 361 g/mol. The molecule has 0 unspecified atom stereocenters. The first kappa shape index (κ1) is 17.3. The van der Waals surface area contributed by atoms with E-state index < -0.39 is 0 Å². The van der Waals surface area contributed by atoms with Gasteiger partial charge in [-0.1, -0.05) is 45.0 Å². The number of hydrogen-bond donors (Lipinski definition) is 2. The molecule has 0 radical (unpaired) electrons. The number of rotatable bonds is 3. The van der Waals surface area contributed by atoms with E-state index in [0.717, 1.165) is 12.5 Å². The zero-order valence-electron chi connectivity index (χ0n) is 12.9. The molecule has 112 valence electrons. The Morgan fingerprint density at radius 2 is 1.80 bits per heavy atom. The summed E-state index contributed by atoms with van der Waals surface area (Å²) in [7, 11) is 1.82. The maximum atomic E-state index is 4.23. The van der Waals surface area contributed by atoms with Crippen LogP contribution in [-0.2, 0) is 12.0 Å². The van der Waals surface area contributed by atoms with Crippen molar-refractivity contribution in [3.63, 3.8) is 0 Å². The summed E-state index contributed by atoms with van der Waals surface area (Å²) in [6.45, 7) is 7.53. The topological polar surface area (TPSA) is 36.4 Å². The zero-order valence-corrected chi connectivity index (χ0v) is 15.2. The first-order valence-electron chi connectivity index (χ1n) is 7.05. The largest absolute Gasteiger partial charge is 0.354 e. The number of nitrogens with zero attached hydrogens (tertiary/aromatic N) is 1. The van der Waals surface area contributed by atoms with Crippen molar-refractivity contribution in [1.82, 2.24) is 10.6 Å². The number of hydrogen-bond acceptors (Lipinski definition) is 1. The van der Waals surface area contributed by atoms with Gasteiger partial charge in [-0.15, -0.1) is 24.0 Å². The Hall–Kier alpha value is -0.780. The normalized spacial score (nSPS) is 15.5. The van der Waals surface area contributed by atoms with Gasteiger partial charge in [0, 0.05) is 19.6 Å². The Morgan fingerprint density at radius 3 is 2.25 bits per heavy atom. The van der Waals surface area contributed by atoms with Gasteiger partial charge in [-0.2, -0.15) is 0 Å². The van der Waals surface area contributed by atoms with Crippen LogP contribution in [0.4, 0.5) is 0 Å². The first-order valence-corrected chi connectivity index (χ1v) is 7.05. The summed E-state index contributed by atoms with van der Waals surface area (Å²) in [5.74, 6) is 0.905. The molecule has 0 saturated heterocycles. The Kier molecular flexibility index (Phi) is 6.30. The van der Waals surface area contributed by atoms with E-state index in [1.165, 1.54) is 24.0 Å². The number of halogens is 1. The lowest BCUT2D eigenvalue weighted by Gasteiger charge is -2.19. The van der Waals surface area contributed by atoms with Gasteiger partial charge in [-0.25, -0.2) is 0 Å². The zero-order chi connectivity index (χ0) is 13.9. The Labute approximate surface area is 139 Å². The fourth-order valence-corrected chi connectivity index (χ4v) is 1.92. The van der Waals surface area contributed by atoms with Crippen LogP contribution in [0.25, 0.3) is 0 Å². The number of aliphatic imine (C=N–C) groups is 1. The lowest BCUT2D eigenvalue weighted by atomic mass is 9.87. The fourth-order valence-electron chi connectivity index (χ4n) is 1.92. The highest BCUT2D eigenvalue weighted by molar-refractivity contribution is 14.0. The maximum absolute atomic E-state index is 4.23. The van der Waals surface area contributed by atoms with Crippen LogP contribution in [-0.4, -0.2) is 19.0 Å². The first-order chi connectivity index (χ1) is 8.99. The van der Waals surface area contributed by atoms with E-state index in [1.54, 1.807) is 0 Å². The summed E-state index contributed by atoms with van der Waals surface area (Å²) in [4.78, 5) is 4.23. The van der Waals surface area contributed by atoms with E-state index in [-0.39, 0.29) is 29.4 Å². The van der Waals surface area contributed by atoms with Gasteiger partial charge in [0.15, 0.2) is 5.96 Å². The Balaban J connectivity index is 0.00000200. The minimum Gasteiger partial charge on any atom is -0.354 e. The second-order valence-corrected chi connectivity index (χ2v) is 6.29. The van der Waals surface area contributed by atoms with Crippen molar-refractivity contribution in [2.24, 2.45) is 4.99 Å². The molecule has 0 heterocycles. The standard InChI is InChI=1S/C16H25N3.HI/c1-16(2,3)13-7-5-12(6-8-13)11-18-15(17-4)19-14-9-10-14;/h5-8,14H,9-11H2,1-4H3,(H2,17,18,19);1H. The Morgan fingerprint density at radius 1 is 1.20 bits per heavy atom. The quantitative estimate of drug-likeness (QED) is 0.474. The van der Waals surface area contributed by atoms with Crippen LogP contribution < -0.4 is 10.6 Å². The average Bonchev–Trinajstić information content (AvgIpc) is 3.18. The van der Waals surface area contributed by atoms with Crippen LogP contribution in [0.5, 0.6) is 0 Å². The van der Waals surface area contributed by atoms with E-state index in [4.69, 9.17) is 0 Å². The predicted molar refractivity (Wildman–Crippen MR) is 96.9 cm³/mol. The molecule has 0 bridgehead atoms. The van der Waals surface area contributed by atoms with Crippen molar-refractivity contribution in [3.8, 4) is 0 Å². The molecule has 4 heteroatoms. The average molecular weight is 387 g/mol. The molecule has 2 rings (SSSR count).